The predicted octanol–water partition coefficient (Wildman–Crippen LogP) is 2.19. The van der Waals surface area contributed by atoms with Gasteiger partial charge in [-0.1, -0.05) is 13.8 Å². The van der Waals surface area contributed by atoms with E-state index >= 15 is 0 Å². The maximum atomic E-state index is 10.2. The first-order valence-corrected chi connectivity index (χ1v) is 7.84. The Balaban J connectivity index is 1.82. The first-order chi connectivity index (χ1) is 9.46. The molecule has 114 valence electrons. The highest BCUT2D eigenvalue weighted by molar-refractivity contribution is 5.08. The smallest absolute Gasteiger partial charge is 0.201 e. The van der Waals surface area contributed by atoms with E-state index in [0.29, 0.717) is 11.8 Å². The summed E-state index contributed by atoms with van der Waals surface area (Å²) in [7, 11) is 0. The van der Waals surface area contributed by atoms with E-state index in [9.17, 15) is 5.11 Å². The van der Waals surface area contributed by atoms with Gasteiger partial charge < -0.3 is 14.6 Å². The number of aliphatic hydroxyl groups is 1. The highest BCUT2D eigenvalue weighted by atomic mass is 17.3. The molecular weight excluding hydrogens is 260 g/mol. The average Bonchev–Trinajstić information content (AvgIpc) is 2.63. The molecule has 5 fully saturated rings. The number of ether oxygens (including phenoxy) is 2. The van der Waals surface area contributed by atoms with Gasteiger partial charge in [-0.2, -0.15) is 0 Å². The van der Waals surface area contributed by atoms with Gasteiger partial charge in [0.05, 0.1) is 0 Å². The van der Waals surface area contributed by atoms with E-state index in [-0.39, 0.29) is 11.8 Å². The summed E-state index contributed by atoms with van der Waals surface area (Å²) in [5, 5.41) is 10.2. The van der Waals surface area contributed by atoms with Gasteiger partial charge in [-0.3, -0.25) is 0 Å². The van der Waals surface area contributed by atoms with Crippen LogP contribution in [0.5, 0.6) is 0 Å². The van der Waals surface area contributed by atoms with Crippen LogP contribution in [-0.2, 0) is 19.2 Å². The van der Waals surface area contributed by atoms with Crippen molar-refractivity contribution < 1.29 is 24.4 Å². The van der Waals surface area contributed by atoms with Crippen molar-refractivity contribution in [2.45, 2.75) is 70.4 Å². The van der Waals surface area contributed by atoms with Gasteiger partial charge in [0.15, 0.2) is 18.2 Å². The van der Waals surface area contributed by atoms with Gasteiger partial charge in [-0.15, -0.1) is 0 Å². The van der Waals surface area contributed by atoms with Gasteiger partial charge in [0, 0.05) is 18.3 Å². The van der Waals surface area contributed by atoms with Crippen LogP contribution in [0.15, 0.2) is 0 Å². The molecule has 4 aliphatic heterocycles. The molecule has 0 radical (unpaired) electrons. The molecule has 5 rings (SSSR count). The van der Waals surface area contributed by atoms with Gasteiger partial charge in [-0.05, 0) is 38.0 Å². The quantitative estimate of drug-likeness (QED) is 0.691. The van der Waals surface area contributed by atoms with Crippen molar-refractivity contribution in [2.75, 3.05) is 0 Å². The van der Waals surface area contributed by atoms with Crippen molar-refractivity contribution in [3.63, 3.8) is 0 Å². The number of hydrogen-bond acceptors (Lipinski definition) is 5. The fourth-order valence-electron chi connectivity index (χ4n) is 4.89. The van der Waals surface area contributed by atoms with Crippen molar-refractivity contribution >= 4 is 0 Å². The Hall–Kier alpha value is -0.200. The second kappa shape index (κ2) is 4.17. The summed E-state index contributed by atoms with van der Waals surface area (Å²) in [4.78, 5) is 11.6. The van der Waals surface area contributed by atoms with Crippen molar-refractivity contribution in [1.29, 1.82) is 0 Å². The van der Waals surface area contributed by atoms with Crippen molar-refractivity contribution in [2.24, 2.45) is 23.7 Å². The van der Waals surface area contributed by atoms with Crippen LogP contribution in [0, 0.1) is 23.7 Å². The minimum absolute atomic E-state index is 0.0379. The largest absolute Gasteiger partial charge is 0.368 e. The molecule has 5 aliphatic rings. The highest BCUT2D eigenvalue weighted by Gasteiger charge is 2.69. The molecule has 5 unspecified atom stereocenters. The normalized spacial score (nSPS) is 61.8. The Labute approximate surface area is 119 Å². The first kappa shape index (κ1) is 13.5. The van der Waals surface area contributed by atoms with Gasteiger partial charge in [0.2, 0.25) is 5.79 Å². The zero-order valence-electron chi connectivity index (χ0n) is 12.4. The van der Waals surface area contributed by atoms with E-state index in [2.05, 4.69) is 6.92 Å². The van der Waals surface area contributed by atoms with Crippen LogP contribution in [0.3, 0.4) is 0 Å². The fraction of sp³-hybridized carbons (Fsp3) is 1.00. The molecule has 1 aliphatic carbocycles. The Bertz CT molecular complexity index is 411. The lowest BCUT2D eigenvalue weighted by Gasteiger charge is -2.59. The summed E-state index contributed by atoms with van der Waals surface area (Å²) in [5.41, 5.74) is -0.549. The molecule has 20 heavy (non-hydrogen) atoms. The zero-order chi connectivity index (χ0) is 14.1. The fourth-order valence-corrected chi connectivity index (χ4v) is 4.89. The SMILES string of the molecule is CC1C(O)OC2OC3(C)CC[C@H]4[C@H](C)CC[C@@H]1C24OO3. The maximum absolute atomic E-state index is 10.2. The predicted molar refractivity (Wildman–Crippen MR) is 69.0 cm³/mol. The molecule has 4 heterocycles. The third-order valence-electron chi connectivity index (χ3n) is 6.12. The third-order valence-corrected chi connectivity index (χ3v) is 6.12. The summed E-state index contributed by atoms with van der Waals surface area (Å²) in [6, 6.07) is 0. The molecule has 1 saturated carbocycles. The Kier molecular flexibility index (Phi) is 2.81. The molecule has 8 atom stereocenters. The number of hydrogen-bond donors (Lipinski definition) is 1. The van der Waals surface area contributed by atoms with Crippen LogP contribution in [0.1, 0.15) is 46.5 Å². The maximum Gasteiger partial charge on any atom is 0.201 e. The van der Waals surface area contributed by atoms with Crippen molar-refractivity contribution in [3.05, 3.63) is 0 Å². The van der Waals surface area contributed by atoms with Crippen LogP contribution in [0.25, 0.3) is 0 Å². The highest BCUT2D eigenvalue weighted by Crippen LogP contribution is 2.60. The molecular formula is C15H24O5. The van der Waals surface area contributed by atoms with E-state index in [1.54, 1.807) is 0 Å². The van der Waals surface area contributed by atoms with Gasteiger partial charge in [0.25, 0.3) is 0 Å². The van der Waals surface area contributed by atoms with Gasteiger partial charge in [-0.25, -0.2) is 9.78 Å². The lowest BCUT2D eigenvalue weighted by Crippen LogP contribution is -2.70. The molecule has 0 aromatic rings. The molecule has 1 N–H and O–H groups in total. The Morgan fingerprint density at radius 2 is 1.85 bits per heavy atom. The lowest BCUT2D eigenvalue weighted by atomic mass is 9.58. The summed E-state index contributed by atoms with van der Waals surface area (Å²) in [6.45, 7) is 6.22. The monoisotopic (exact) mass is 284 g/mol. The van der Waals surface area contributed by atoms with E-state index in [1.807, 2.05) is 13.8 Å². The zero-order valence-corrected chi connectivity index (χ0v) is 12.4. The summed E-state index contributed by atoms with van der Waals surface area (Å²) >= 11 is 0. The number of aliphatic hydroxyl groups excluding tert-OH is 1. The minimum Gasteiger partial charge on any atom is -0.368 e. The van der Waals surface area contributed by atoms with Gasteiger partial charge >= 0.3 is 0 Å². The lowest BCUT2D eigenvalue weighted by molar-refractivity contribution is -0.576. The molecule has 0 aromatic heterocycles. The molecule has 1 spiro atoms. The molecule has 5 heteroatoms. The molecule has 2 bridgehead atoms. The molecule has 5 nitrogen and oxygen atoms in total. The topological polar surface area (TPSA) is 57.2 Å². The van der Waals surface area contributed by atoms with Crippen molar-refractivity contribution in [3.8, 4) is 0 Å². The van der Waals surface area contributed by atoms with E-state index in [4.69, 9.17) is 19.2 Å². The summed E-state index contributed by atoms with van der Waals surface area (Å²) < 4.78 is 11.9. The average molecular weight is 284 g/mol. The van der Waals surface area contributed by atoms with Crippen LogP contribution in [0.4, 0.5) is 0 Å². The van der Waals surface area contributed by atoms with Crippen LogP contribution < -0.4 is 0 Å². The van der Waals surface area contributed by atoms with Crippen LogP contribution in [-0.4, -0.2) is 29.1 Å². The molecule has 4 saturated heterocycles. The molecule has 0 aromatic carbocycles. The Morgan fingerprint density at radius 3 is 2.65 bits per heavy atom. The molecule has 0 amide bonds. The van der Waals surface area contributed by atoms with Crippen molar-refractivity contribution in [1.82, 2.24) is 0 Å². The Morgan fingerprint density at radius 1 is 1.05 bits per heavy atom. The van der Waals surface area contributed by atoms with E-state index in [0.717, 1.165) is 19.3 Å². The minimum atomic E-state index is -0.781. The standard InChI is InChI=1S/C15H24O5/c1-8-4-5-11-9(2)12(16)17-13-15(11)10(8)6-7-14(3,18-13)19-20-15/h8-13,16H,4-7H2,1-3H3/t8-,9?,10+,11+,12?,13?,14?,15?/m1/s1. The van der Waals surface area contributed by atoms with Crippen LogP contribution >= 0.6 is 0 Å². The first-order valence-electron chi connectivity index (χ1n) is 7.84. The number of fused-ring (bicyclic) bond motifs is 2. The van der Waals surface area contributed by atoms with Gasteiger partial charge in [0.1, 0.15) is 0 Å². The van der Waals surface area contributed by atoms with Crippen LogP contribution in [0.2, 0.25) is 0 Å². The van der Waals surface area contributed by atoms with E-state index in [1.165, 1.54) is 6.42 Å². The summed E-state index contributed by atoms with van der Waals surface area (Å²) in [6.07, 6.45) is 2.72. The second-order valence-electron chi connectivity index (χ2n) is 7.30. The van der Waals surface area contributed by atoms with E-state index < -0.39 is 24.0 Å². The second-order valence-corrected chi connectivity index (χ2v) is 7.30. The number of rotatable bonds is 0. The summed E-state index contributed by atoms with van der Waals surface area (Å²) in [5.74, 6) is 0.437. The third kappa shape index (κ3) is 1.56.